The molecule has 3 rings (SSSR count). The number of rotatable bonds is 3. The number of ether oxygens (including phenoxy) is 1. The summed E-state index contributed by atoms with van der Waals surface area (Å²) < 4.78 is 6.09. The molecule has 0 N–H and O–H groups in total. The number of aromatic nitrogens is 1. The van der Waals surface area contributed by atoms with Crippen LogP contribution in [-0.2, 0) is 11.2 Å². The Hall–Kier alpha value is -1.46. The Labute approximate surface area is 145 Å². The van der Waals surface area contributed by atoms with Crippen LogP contribution in [-0.4, -0.2) is 65.6 Å². The zero-order chi connectivity index (χ0) is 17.1. The highest BCUT2D eigenvalue weighted by Crippen LogP contribution is 2.25. The molecule has 24 heavy (non-hydrogen) atoms. The summed E-state index contributed by atoms with van der Waals surface area (Å²) in [6.07, 6.45) is 3.78. The predicted octanol–water partition coefficient (Wildman–Crippen LogP) is 2.22. The van der Waals surface area contributed by atoms with E-state index in [2.05, 4.69) is 30.7 Å². The van der Waals surface area contributed by atoms with Crippen molar-refractivity contribution in [1.82, 2.24) is 14.8 Å². The highest BCUT2D eigenvalue weighted by atomic mass is 16.5. The third kappa shape index (κ3) is 3.78. The molecule has 1 amide bonds. The van der Waals surface area contributed by atoms with Gasteiger partial charge in [-0.1, -0.05) is 6.92 Å². The third-order valence-corrected chi connectivity index (χ3v) is 5.33. The zero-order valence-corrected chi connectivity index (χ0v) is 15.1. The number of nitrogens with zero attached hydrogens (tertiary/aromatic N) is 3. The fourth-order valence-electron chi connectivity index (χ4n) is 3.67. The van der Waals surface area contributed by atoms with E-state index in [1.807, 2.05) is 17.0 Å². The maximum absolute atomic E-state index is 12.8. The van der Waals surface area contributed by atoms with E-state index in [0.717, 1.165) is 44.8 Å². The van der Waals surface area contributed by atoms with Gasteiger partial charge in [0, 0.05) is 50.0 Å². The van der Waals surface area contributed by atoms with Crippen molar-refractivity contribution >= 4 is 5.91 Å². The molecule has 0 spiro atoms. The normalized spacial score (nSPS) is 25.4. The van der Waals surface area contributed by atoms with Crippen LogP contribution in [0.25, 0.3) is 0 Å². The van der Waals surface area contributed by atoms with Crippen molar-refractivity contribution in [2.45, 2.75) is 45.8 Å². The monoisotopic (exact) mass is 331 g/mol. The number of fused-ring (bicyclic) bond motifs is 1. The number of carbonyl (C=O) groups is 1. The highest BCUT2D eigenvalue weighted by molar-refractivity contribution is 5.94. The van der Waals surface area contributed by atoms with E-state index < -0.39 is 0 Å². The lowest BCUT2D eigenvalue weighted by Crippen LogP contribution is -2.49. The Bertz CT molecular complexity index is 558. The van der Waals surface area contributed by atoms with Crippen LogP contribution in [0.5, 0.6) is 0 Å². The van der Waals surface area contributed by atoms with E-state index in [9.17, 15) is 4.79 Å². The van der Waals surface area contributed by atoms with Crippen molar-refractivity contribution in [2.24, 2.45) is 5.92 Å². The van der Waals surface area contributed by atoms with Crippen molar-refractivity contribution in [3.05, 3.63) is 29.6 Å². The molecule has 1 aromatic rings. The lowest BCUT2D eigenvalue weighted by atomic mass is 9.92. The summed E-state index contributed by atoms with van der Waals surface area (Å²) in [5.41, 5.74) is 1.70. The molecule has 3 heterocycles. The second-order valence-corrected chi connectivity index (χ2v) is 7.19. The minimum atomic E-state index is 0.0807. The molecule has 2 aliphatic heterocycles. The van der Waals surface area contributed by atoms with Gasteiger partial charge in [0.05, 0.1) is 18.3 Å². The molecular formula is C19H29N3O2. The first-order valence-corrected chi connectivity index (χ1v) is 9.18. The lowest BCUT2D eigenvalue weighted by molar-refractivity contribution is -0.0171. The number of pyridine rings is 1. The molecule has 2 atom stereocenters. The highest BCUT2D eigenvalue weighted by Gasteiger charge is 2.35. The van der Waals surface area contributed by atoms with Gasteiger partial charge < -0.3 is 9.64 Å². The van der Waals surface area contributed by atoms with Crippen LogP contribution in [0.4, 0.5) is 0 Å². The minimum Gasteiger partial charge on any atom is -0.375 e. The Morgan fingerprint density at radius 1 is 1.33 bits per heavy atom. The van der Waals surface area contributed by atoms with Gasteiger partial charge in [0.25, 0.3) is 5.91 Å². The molecule has 2 unspecified atom stereocenters. The standard InChI is InChI=1S/C19H29N3O2/c1-4-17-6-5-15(11-20-17)19(23)22-8-7-16-12-21(14(2)3)9-10-24-18(16)13-22/h5-6,11,14,16,18H,4,7-10,12-13H2,1-3H3. The zero-order valence-electron chi connectivity index (χ0n) is 15.1. The Morgan fingerprint density at radius 2 is 2.17 bits per heavy atom. The van der Waals surface area contributed by atoms with E-state index in [1.165, 1.54) is 0 Å². The first-order valence-electron chi connectivity index (χ1n) is 9.18. The van der Waals surface area contributed by atoms with E-state index >= 15 is 0 Å². The van der Waals surface area contributed by atoms with Crippen molar-refractivity contribution in [3.63, 3.8) is 0 Å². The van der Waals surface area contributed by atoms with Crippen LogP contribution in [0.3, 0.4) is 0 Å². The van der Waals surface area contributed by atoms with Gasteiger partial charge >= 0.3 is 0 Å². The summed E-state index contributed by atoms with van der Waals surface area (Å²) in [6, 6.07) is 4.40. The Kier molecular flexibility index (Phi) is 5.51. The summed E-state index contributed by atoms with van der Waals surface area (Å²) >= 11 is 0. The summed E-state index contributed by atoms with van der Waals surface area (Å²) in [5, 5.41) is 0. The molecule has 2 aliphatic rings. The van der Waals surface area contributed by atoms with Crippen LogP contribution in [0.15, 0.2) is 18.3 Å². The van der Waals surface area contributed by atoms with Crippen LogP contribution in [0, 0.1) is 5.92 Å². The van der Waals surface area contributed by atoms with Gasteiger partial charge in [0.2, 0.25) is 0 Å². The fraction of sp³-hybridized carbons (Fsp3) is 0.684. The molecule has 2 saturated heterocycles. The number of piperidine rings is 1. The molecule has 0 aromatic carbocycles. The first-order chi connectivity index (χ1) is 11.6. The Morgan fingerprint density at radius 3 is 2.83 bits per heavy atom. The van der Waals surface area contributed by atoms with Crippen molar-refractivity contribution < 1.29 is 9.53 Å². The number of likely N-dealkylation sites (tertiary alicyclic amines) is 1. The van der Waals surface area contributed by atoms with Gasteiger partial charge in [-0.05, 0) is 38.8 Å². The van der Waals surface area contributed by atoms with Gasteiger partial charge in [-0.15, -0.1) is 0 Å². The molecule has 0 bridgehead atoms. The van der Waals surface area contributed by atoms with Crippen LogP contribution in [0.2, 0.25) is 0 Å². The second kappa shape index (κ2) is 7.62. The molecule has 132 valence electrons. The van der Waals surface area contributed by atoms with Gasteiger partial charge in [0.1, 0.15) is 0 Å². The van der Waals surface area contributed by atoms with Crippen molar-refractivity contribution in [2.75, 3.05) is 32.8 Å². The quantitative estimate of drug-likeness (QED) is 0.852. The fourth-order valence-corrected chi connectivity index (χ4v) is 3.67. The molecule has 5 nitrogen and oxygen atoms in total. The topological polar surface area (TPSA) is 45.7 Å². The van der Waals surface area contributed by atoms with Gasteiger partial charge in [-0.2, -0.15) is 0 Å². The number of amides is 1. The molecule has 5 heteroatoms. The third-order valence-electron chi connectivity index (χ3n) is 5.33. The molecule has 0 radical (unpaired) electrons. The maximum Gasteiger partial charge on any atom is 0.255 e. The molecule has 2 fully saturated rings. The summed E-state index contributed by atoms with van der Waals surface area (Å²) in [5.74, 6) is 0.608. The number of carbonyl (C=O) groups excluding carboxylic acids is 1. The van der Waals surface area contributed by atoms with Gasteiger partial charge in [0.15, 0.2) is 0 Å². The second-order valence-electron chi connectivity index (χ2n) is 7.19. The SMILES string of the molecule is CCc1ccc(C(=O)N2CCC3CN(C(C)C)CCOC3C2)cn1. The van der Waals surface area contributed by atoms with Crippen LogP contribution >= 0.6 is 0 Å². The van der Waals surface area contributed by atoms with E-state index in [4.69, 9.17) is 4.74 Å². The number of hydrogen-bond acceptors (Lipinski definition) is 4. The largest absolute Gasteiger partial charge is 0.375 e. The molecule has 0 saturated carbocycles. The number of aryl methyl sites for hydroxylation is 1. The lowest BCUT2D eigenvalue weighted by Gasteiger charge is -2.38. The van der Waals surface area contributed by atoms with Crippen LogP contribution in [0.1, 0.15) is 43.2 Å². The number of hydrogen-bond donors (Lipinski definition) is 0. The van der Waals surface area contributed by atoms with Crippen molar-refractivity contribution in [1.29, 1.82) is 0 Å². The smallest absolute Gasteiger partial charge is 0.255 e. The van der Waals surface area contributed by atoms with Gasteiger partial charge in [-0.25, -0.2) is 0 Å². The Balaban J connectivity index is 1.64. The average molecular weight is 331 g/mol. The molecule has 1 aromatic heterocycles. The van der Waals surface area contributed by atoms with E-state index in [0.29, 0.717) is 24.1 Å². The van der Waals surface area contributed by atoms with E-state index in [-0.39, 0.29) is 12.0 Å². The van der Waals surface area contributed by atoms with Gasteiger partial charge in [-0.3, -0.25) is 14.7 Å². The molecule has 0 aliphatic carbocycles. The maximum atomic E-state index is 12.8. The minimum absolute atomic E-state index is 0.0807. The van der Waals surface area contributed by atoms with Crippen LogP contribution < -0.4 is 0 Å². The summed E-state index contributed by atoms with van der Waals surface area (Å²) in [4.78, 5) is 21.5. The average Bonchev–Trinajstić information content (AvgIpc) is 2.83. The summed E-state index contributed by atoms with van der Waals surface area (Å²) in [7, 11) is 0. The predicted molar refractivity (Wildman–Crippen MR) is 94.1 cm³/mol. The van der Waals surface area contributed by atoms with Crippen molar-refractivity contribution in [3.8, 4) is 0 Å². The summed E-state index contributed by atoms with van der Waals surface area (Å²) in [6.45, 7) is 10.9. The molecular weight excluding hydrogens is 302 g/mol. The first kappa shape index (κ1) is 17.4. The van der Waals surface area contributed by atoms with E-state index in [1.54, 1.807) is 6.20 Å².